The Morgan fingerprint density at radius 3 is 1.81 bits per heavy atom. The Hall–Kier alpha value is -1.94. The number of hydrogen-bond donors (Lipinski definition) is 0. The predicted octanol–water partition coefficient (Wildman–Crippen LogP) is 1.67. The highest BCUT2D eigenvalue weighted by molar-refractivity contribution is 6.15. The Bertz CT molecular complexity index is 511. The fourth-order valence-corrected chi connectivity index (χ4v) is 2.97. The van der Waals surface area contributed by atoms with Crippen LogP contribution in [0.15, 0.2) is 22.4 Å². The van der Waals surface area contributed by atoms with Crippen molar-refractivity contribution in [3.8, 4) is 12.1 Å². The van der Waals surface area contributed by atoms with E-state index in [1.54, 1.807) is 0 Å². The van der Waals surface area contributed by atoms with Gasteiger partial charge in [0.2, 0.25) is 0 Å². The Morgan fingerprint density at radius 1 is 1.06 bits per heavy atom. The van der Waals surface area contributed by atoms with Crippen molar-refractivity contribution in [3.63, 3.8) is 0 Å². The van der Waals surface area contributed by atoms with Crippen LogP contribution in [0.3, 0.4) is 0 Å². The molecule has 16 heavy (non-hydrogen) atoms. The molecule has 3 aliphatic rings. The van der Waals surface area contributed by atoms with E-state index in [0.717, 1.165) is 0 Å². The van der Waals surface area contributed by atoms with E-state index < -0.39 is 0 Å². The lowest BCUT2D eigenvalue weighted by Crippen LogP contribution is -2.18. The molecule has 0 radical (unpaired) electrons. The maximum Gasteiger partial charge on any atom is 0.144 e. The van der Waals surface area contributed by atoms with Crippen LogP contribution < -0.4 is 0 Å². The van der Waals surface area contributed by atoms with Gasteiger partial charge >= 0.3 is 0 Å². The highest BCUT2D eigenvalue weighted by atomic mass is 15.2. The molecule has 2 aliphatic carbocycles. The summed E-state index contributed by atoms with van der Waals surface area (Å²) in [5.41, 5.74) is 0.900. The molecule has 1 heterocycles. The van der Waals surface area contributed by atoms with Crippen LogP contribution in [-0.4, -0.2) is 11.4 Å². The van der Waals surface area contributed by atoms with Gasteiger partial charge in [0.25, 0.3) is 0 Å². The van der Waals surface area contributed by atoms with Gasteiger partial charge in [0.1, 0.15) is 23.6 Å². The Morgan fingerprint density at radius 2 is 1.50 bits per heavy atom. The summed E-state index contributed by atoms with van der Waals surface area (Å²) in [6.45, 7) is 4.25. The minimum atomic E-state index is -0.0768. The van der Waals surface area contributed by atoms with Crippen LogP contribution in [0.2, 0.25) is 0 Å². The molecule has 0 amide bonds. The average molecular weight is 210 g/mol. The van der Waals surface area contributed by atoms with Crippen LogP contribution >= 0.6 is 0 Å². The molecule has 0 aromatic rings. The molecule has 4 nitrogen and oxygen atoms in total. The second-order valence-electron chi connectivity index (χ2n) is 5.05. The molecule has 1 unspecified atom stereocenters. The van der Waals surface area contributed by atoms with Crippen LogP contribution in [0.5, 0.6) is 0 Å². The molecule has 0 aromatic carbocycles. The molecule has 3 atom stereocenters. The molecule has 3 rings (SSSR count). The second-order valence-corrected chi connectivity index (χ2v) is 5.05. The normalized spacial score (nSPS) is 41.0. The van der Waals surface area contributed by atoms with E-state index in [1.807, 2.05) is 0 Å². The van der Waals surface area contributed by atoms with E-state index in [1.165, 1.54) is 0 Å². The standard InChI is InChI=1S/C12H10N4/c1-11(3-4-11)12(2)9-7(5-13)15-16-8(6-14)10(9)12/h3-4,9-10H,1-2H3/t9-,10+,12?. The lowest BCUT2D eigenvalue weighted by atomic mass is 9.82. The number of rotatable bonds is 1. The third kappa shape index (κ3) is 0.796. The Kier molecular flexibility index (Phi) is 1.40. The van der Waals surface area contributed by atoms with Gasteiger partial charge in [-0.1, -0.05) is 26.0 Å². The number of allylic oxidation sites excluding steroid dienone is 2. The summed E-state index contributed by atoms with van der Waals surface area (Å²) in [5.74, 6) is 0.147. The maximum absolute atomic E-state index is 9.01. The van der Waals surface area contributed by atoms with Crippen molar-refractivity contribution in [2.75, 3.05) is 0 Å². The van der Waals surface area contributed by atoms with Crippen molar-refractivity contribution in [3.05, 3.63) is 12.2 Å². The van der Waals surface area contributed by atoms with Crippen molar-refractivity contribution in [2.24, 2.45) is 32.9 Å². The van der Waals surface area contributed by atoms with E-state index in [2.05, 4.69) is 48.3 Å². The van der Waals surface area contributed by atoms with Crippen LogP contribution in [-0.2, 0) is 0 Å². The zero-order chi connectivity index (χ0) is 11.6. The first-order valence-electron chi connectivity index (χ1n) is 5.24. The van der Waals surface area contributed by atoms with Gasteiger partial charge in [0.15, 0.2) is 0 Å². The molecule has 1 aliphatic heterocycles. The monoisotopic (exact) mass is 210 g/mol. The summed E-state index contributed by atoms with van der Waals surface area (Å²) in [7, 11) is 0. The topological polar surface area (TPSA) is 72.3 Å². The zero-order valence-electron chi connectivity index (χ0n) is 9.10. The summed E-state index contributed by atoms with van der Waals surface area (Å²) in [6, 6.07) is 4.20. The summed E-state index contributed by atoms with van der Waals surface area (Å²) >= 11 is 0. The third-order valence-electron chi connectivity index (χ3n) is 4.43. The molecule has 0 bridgehead atoms. The van der Waals surface area contributed by atoms with Crippen molar-refractivity contribution in [1.29, 1.82) is 10.5 Å². The molecule has 1 fully saturated rings. The van der Waals surface area contributed by atoms with Crippen LogP contribution in [0, 0.1) is 45.3 Å². The fourth-order valence-electron chi connectivity index (χ4n) is 2.97. The van der Waals surface area contributed by atoms with Gasteiger partial charge in [0, 0.05) is 17.3 Å². The van der Waals surface area contributed by atoms with Crippen LogP contribution in [0.4, 0.5) is 0 Å². The lowest BCUT2D eigenvalue weighted by molar-refractivity contribution is 0.354. The first-order valence-corrected chi connectivity index (χ1v) is 5.24. The van der Waals surface area contributed by atoms with Crippen LogP contribution in [0.25, 0.3) is 0 Å². The van der Waals surface area contributed by atoms with Crippen molar-refractivity contribution in [2.45, 2.75) is 13.8 Å². The minimum Gasteiger partial charge on any atom is -0.191 e. The number of hydrogen-bond acceptors (Lipinski definition) is 4. The smallest absolute Gasteiger partial charge is 0.144 e. The summed E-state index contributed by atoms with van der Waals surface area (Å²) < 4.78 is 0. The summed E-state index contributed by atoms with van der Waals surface area (Å²) in [5, 5.41) is 25.7. The Balaban J connectivity index is 2.07. The quantitative estimate of drug-likeness (QED) is 0.617. The third-order valence-corrected chi connectivity index (χ3v) is 4.43. The SMILES string of the molecule is CC1(C2(C)[C@@H]3C(C#N)=NN=C(C#N)[C@@H]32)C=C1. The van der Waals surface area contributed by atoms with E-state index in [4.69, 9.17) is 10.5 Å². The highest BCUT2D eigenvalue weighted by Crippen LogP contribution is 2.73. The van der Waals surface area contributed by atoms with E-state index in [0.29, 0.717) is 11.4 Å². The van der Waals surface area contributed by atoms with Gasteiger partial charge in [-0.3, -0.25) is 0 Å². The molecule has 0 saturated heterocycles. The van der Waals surface area contributed by atoms with Gasteiger partial charge in [-0.2, -0.15) is 10.5 Å². The molecule has 0 aromatic heterocycles. The summed E-state index contributed by atoms with van der Waals surface area (Å²) in [6.07, 6.45) is 4.27. The molecule has 0 spiro atoms. The molecule has 78 valence electrons. The van der Waals surface area contributed by atoms with Crippen LogP contribution in [0.1, 0.15) is 13.8 Å². The number of nitrogens with zero attached hydrogens (tertiary/aromatic N) is 4. The summed E-state index contributed by atoms with van der Waals surface area (Å²) in [4.78, 5) is 0. The van der Waals surface area contributed by atoms with Crippen molar-refractivity contribution >= 4 is 11.4 Å². The van der Waals surface area contributed by atoms with E-state index >= 15 is 0 Å². The van der Waals surface area contributed by atoms with Gasteiger partial charge in [0.05, 0.1) is 0 Å². The minimum absolute atomic E-state index is 0.0297. The average Bonchev–Trinajstić information content (AvgIpc) is 3.18. The van der Waals surface area contributed by atoms with Gasteiger partial charge in [-0.05, 0) is 5.41 Å². The molecular weight excluding hydrogens is 200 g/mol. The molecule has 0 N–H and O–H groups in total. The van der Waals surface area contributed by atoms with Gasteiger partial charge < -0.3 is 0 Å². The first-order chi connectivity index (χ1) is 7.58. The lowest BCUT2D eigenvalue weighted by Gasteiger charge is -2.19. The van der Waals surface area contributed by atoms with Gasteiger partial charge in [-0.15, -0.1) is 10.2 Å². The largest absolute Gasteiger partial charge is 0.191 e. The highest BCUT2D eigenvalue weighted by Gasteiger charge is 2.75. The zero-order valence-corrected chi connectivity index (χ0v) is 9.10. The number of nitriles is 2. The van der Waals surface area contributed by atoms with E-state index in [9.17, 15) is 0 Å². The van der Waals surface area contributed by atoms with Crippen molar-refractivity contribution in [1.82, 2.24) is 0 Å². The number of fused-ring (bicyclic) bond motifs is 1. The first kappa shape index (κ1) is 9.30. The molecule has 4 heteroatoms. The van der Waals surface area contributed by atoms with Crippen molar-refractivity contribution < 1.29 is 0 Å². The maximum atomic E-state index is 9.01. The van der Waals surface area contributed by atoms with E-state index in [-0.39, 0.29) is 22.7 Å². The van der Waals surface area contributed by atoms with Gasteiger partial charge in [-0.25, -0.2) is 0 Å². The molecular formula is C12H10N4. The molecule has 1 saturated carbocycles. The Labute approximate surface area is 93.6 Å². The predicted molar refractivity (Wildman–Crippen MR) is 58.4 cm³/mol. The fraction of sp³-hybridized carbons (Fsp3) is 0.500. The second kappa shape index (κ2) is 2.41.